The fourth-order valence-electron chi connectivity index (χ4n) is 0.652. The van der Waals surface area contributed by atoms with Crippen LogP contribution in [0, 0.1) is 0 Å². The third-order valence-corrected chi connectivity index (χ3v) is 4.11. The van der Waals surface area contributed by atoms with Crippen LogP contribution in [0.3, 0.4) is 0 Å². The van der Waals surface area contributed by atoms with Crippen LogP contribution in [0.2, 0.25) is 0 Å². The summed E-state index contributed by atoms with van der Waals surface area (Å²) in [5.74, 6) is 1.56. The minimum atomic E-state index is -0.307. The van der Waals surface area contributed by atoms with Crippen LogP contribution in [0.25, 0.3) is 0 Å². The highest BCUT2D eigenvalue weighted by Gasteiger charge is 2.06. The van der Waals surface area contributed by atoms with Gasteiger partial charge in [0.25, 0.3) is 0 Å². The maximum atomic E-state index is 9.27. The Hall–Kier alpha value is 0.350. The van der Waals surface area contributed by atoms with Crippen LogP contribution >= 0.6 is 39.2 Å². The van der Waals surface area contributed by atoms with Gasteiger partial charge in [0.2, 0.25) is 0 Å². The summed E-state index contributed by atoms with van der Waals surface area (Å²) in [5.41, 5.74) is 0. The molecule has 0 saturated heterocycles. The van der Waals surface area contributed by atoms with Crippen molar-refractivity contribution in [2.45, 2.75) is 23.8 Å². The molecule has 0 radical (unpaired) electrons. The second-order valence-corrected chi connectivity index (χ2v) is 5.12. The number of aromatic nitrogens is 2. The first-order valence-corrected chi connectivity index (χ1v) is 6.83. The summed E-state index contributed by atoms with van der Waals surface area (Å²) in [6, 6.07) is 0. The van der Waals surface area contributed by atoms with Crippen molar-refractivity contribution in [3.63, 3.8) is 0 Å². The summed E-state index contributed by atoms with van der Waals surface area (Å²) >= 11 is 6.17. The molecule has 1 heterocycles. The van der Waals surface area contributed by atoms with E-state index >= 15 is 0 Å². The molecule has 13 heavy (non-hydrogen) atoms. The number of halogens is 1. The molecule has 1 N–H and O–H groups in total. The zero-order chi connectivity index (χ0) is 9.68. The average molecular weight is 283 g/mol. The summed E-state index contributed by atoms with van der Waals surface area (Å²) in [7, 11) is 0. The molecule has 74 valence electrons. The minimum absolute atomic E-state index is 0.307. The van der Waals surface area contributed by atoms with Crippen LogP contribution in [-0.2, 0) is 6.42 Å². The topological polar surface area (TPSA) is 46.0 Å². The van der Waals surface area contributed by atoms with E-state index < -0.39 is 0 Å². The summed E-state index contributed by atoms with van der Waals surface area (Å²) in [5, 5.41) is 9.88. The van der Waals surface area contributed by atoms with E-state index in [1.807, 2.05) is 6.92 Å². The predicted molar refractivity (Wildman–Crippen MR) is 59.8 cm³/mol. The molecular weight excluding hydrogens is 272 g/mol. The number of aliphatic hydroxyl groups is 1. The molecular formula is C7H11BrN2OS2. The molecule has 0 bridgehead atoms. The Labute approximate surface area is 94.3 Å². The molecule has 1 atom stereocenters. The van der Waals surface area contributed by atoms with Gasteiger partial charge >= 0.3 is 0 Å². The number of hydrogen-bond donors (Lipinski definition) is 1. The van der Waals surface area contributed by atoms with Crippen LogP contribution in [0.5, 0.6) is 0 Å². The standard InChI is InChI=1S/C7H11BrN2OS2/c1-2-6-9-7(13-10-6)12-4-5(11)3-8/h5,11H,2-4H2,1H3. The molecule has 0 saturated carbocycles. The smallest absolute Gasteiger partial charge is 0.170 e. The highest BCUT2D eigenvalue weighted by atomic mass is 79.9. The molecule has 0 fully saturated rings. The fraction of sp³-hybridized carbons (Fsp3) is 0.714. The molecule has 0 aliphatic heterocycles. The Morgan fingerprint density at radius 3 is 3.00 bits per heavy atom. The lowest BCUT2D eigenvalue weighted by Gasteiger charge is -2.02. The van der Waals surface area contributed by atoms with Gasteiger partial charge in [0.05, 0.1) is 6.10 Å². The number of alkyl halides is 1. The van der Waals surface area contributed by atoms with Crippen molar-refractivity contribution in [2.24, 2.45) is 0 Å². The summed E-state index contributed by atoms with van der Waals surface area (Å²) in [6.45, 7) is 2.03. The second kappa shape index (κ2) is 5.95. The molecule has 6 heteroatoms. The van der Waals surface area contributed by atoms with E-state index in [4.69, 9.17) is 0 Å². The van der Waals surface area contributed by atoms with Gasteiger partial charge in [0, 0.05) is 17.5 Å². The monoisotopic (exact) mass is 282 g/mol. The lowest BCUT2D eigenvalue weighted by atomic mass is 10.5. The Morgan fingerprint density at radius 2 is 2.46 bits per heavy atom. The molecule has 1 aromatic rings. The first-order chi connectivity index (χ1) is 6.26. The van der Waals surface area contributed by atoms with Crippen LogP contribution < -0.4 is 0 Å². The third-order valence-electron chi connectivity index (χ3n) is 1.34. The SMILES string of the molecule is CCc1nsc(SCC(O)CBr)n1. The van der Waals surface area contributed by atoms with Gasteiger partial charge in [-0.15, -0.1) is 0 Å². The summed E-state index contributed by atoms with van der Waals surface area (Å²) < 4.78 is 5.10. The van der Waals surface area contributed by atoms with Crippen molar-refractivity contribution in [3.05, 3.63) is 5.82 Å². The Bertz CT molecular complexity index is 256. The van der Waals surface area contributed by atoms with Crippen molar-refractivity contribution in [2.75, 3.05) is 11.1 Å². The van der Waals surface area contributed by atoms with Gasteiger partial charge in [-0.25, -0.2) is 4.98 Å². The van der Waals surface area contributed by atoms with Crippen molar-refractivity contribution in [1.29, 1.82) is 0 Å². The van der Waals surface area contributed by atoms with Gasteiger partial charge in [0.15, 0.2) is 4.34 Å². The van der Waals surface area contributed by atoms with Crippen molar-refractivity contribution in [3.8, 4) is 0 Å². The van der Waals surface area contributed by atoms with E-state index in [0.29, 0.717) is 11.1 Å². The predicted octanol–water partition coefficient (Wildman–Crippen LogP) is 1.95. The largest absolute Gasteiger partial charge is 0.391 e. The molecule has 0 aliphatic rings. The zero-order valence-electron chi connectivity index (χ0n) is 7.23. The lowest BCUT2D eigenvalue weighted by molar-refractivity contribution is 0.226. The minimum Gasteiger partial charge on any atom is -0.391 e. The molecule has 0 aromatic carbocycles. The molecule has 0 amide bonds. The van der Waals surface area contributed by atoms with E-state index in [9.17, 15) is 5.11 Å². The first kappa shape index (κ1) is 11.4. The van der Waals surface area contributed by atoms with Gasteiger partial charge in [-0.1, -0.05) is 34.6 Å². The Balaban J connectivity index is 2.36. The van der Waals surface area contributed by atoms with E-state index in [1.54, 1.807) is 11.8 Å². The molecule has 1 aromatic heterocycles. The second-order valence-electron chi connectivity index (χ2n) is 2.45. The normalized spacial score (nSPS) is 13.2. The van der Waals surface area contributed by atoms with Gasteiger partial charge in [-0.05, 0) is 11.5 Å². The molecule has 0 spiro atoms. The van der Waals surface area contributed by atoms with Crippen LogP contribution in [0.15, 0.2) is 4.34 Å². The van der Waals surface area contributed by atoms with Gasteiger partial charge in [0.1, 0.15) is 5.82 Å². The third kappa shape index (κ3) is 3.93. The molecule has 1 unspecified atom stereocenters. The van der Waals surface area contributed by atoms with Crippen molar-refractivity contribution in [1.82, 2.24) is 9.36 Å². The number of thioether (sulfide) groups is 1. The summed E-state index contributed by atoms with van der Waals surface area (Å²) in [6.07, 6.45) is 0.567. The zero-order valence-corrected chi connectivity index (χ0v) is 10.5. The summed E-state index contributed by atoms with van der Waals surface area (Å²) in [4.78, 5) is 4.28. The quantitative estimate of drug-likeness (QED) is 0.662. The van der Waals surface area contributed by atoms with Crippen molar-refractivity contribution >= 4 is 39.2 Å². The van der Waals surface area contributed by atoms with E-state index in [1.165, 1.54) is 11.5 Å². The Kier molecular flexibility index (Phi) is 5.23. The lowest BCUT2D eigenvalue weighted by Crippen LogP contribution is -2.10. The fourth-order valence-corrected chi connectivity index (χ4v) is 2.83. The van der Waals surface area contributed by atoms with Gasteiger partial charge in [-0.2, -0.15) is 4.37 Å². The van der Waals surface area contributed by atoms with Crippen LogP contribution in [0.1, 0.15) is 12.7 Å². The van der Waals surface area contributed by atoms with Crippen LogP contribution in [-0.4, -0.2) is 31.7 Å². The van der Waals surface area contributed by atoms with E-state index in [0.717, 1.165) is 16.6 Å². The van der Waals surface area contributed by atoms with Gasteiger partial charge < -0.3 is 5.11 Å². The first-order valence-electron chi connectivity index (χ1n) is 3.95. The molecule has 1 rings (SSSR count). The van der Waals surface area contributed by atoms with Crippen molar-refractivity contribution < 1.29 is 5.11 Å². The number of rotatable bonds is 5. The van der Waals surface area contributed by atoms with E-state index in [2.05, 4.69) is 25.3 Å². The van der Waals surface area contributed by atoms with Crippen LogP contribution in [0.4, 0.5) is 0 Å². The number of hydrogen-bond acceptors (Lipinski definition) is 5. The maximum Gasteiger partial charge on any atom is 0.170 e. The maximum absolute atomic E-state index is 9.27. The Morgan fingerprint density at radius 1 is 1.69 bits per heavy atom. The number of nitrogens with zero attached hydrogens (tertiary/aromatic N) is 2. The number of aliphatic hydroxyl groups excluding tert-OH is 1. The van der Waals surface area contributed by atoms with Gasteiger partial charge in [-0.3, -0.25) is 0 Å². The molecule has 0 aliphatic carbocycles. The van der Waals surface area contributed by atoms with E-state index in [-0.39, 0.29) is 6.10 Å². The highest BCUT2D eigenvalue weighted by Crippen LogP contribution is 2.21. The molecule has 3 nitrogen and oxygen atoms in total. The highest BCUT2D eigenvalue weighted by molar-refractivity contribution is 9.09. The number of aryl methyl sites for hydroxylation is 1. The average Bonchev–Trinajstić information content (AvgIpc) is 2.61.